The summed E-state index contributed by atoms with van der Waals surface area (Å²) in [4.78, 5) is 14.7. The van der Waals surface area contributed by atoms with E-state index in [1.54, 1.807) is 0 Å². The Balaban J connectivity index is 1.43. The Bertz CT molecular complexity index is 891. The number of nitrogens with zero attached hydrogens (tertiary/aromatic N) is 4. The van der Waals surface area contributed by atoms with Crippen molar-refractivity contribution < 1.29 is 9.53 Å². The molecule has 0 radical (unpaired) electrons. The molecule has 7 heteroatoms. The highest BCUT2D eigenvalue weighted by Gasteiger charge is 2.52. The van der Waals surface area contributed by atoms with Crippen LogP contribution in [0.4, 0.5) is 0 Å². The number of carbonyl (C=O) groups is 1. The van der Waals surface area contributed by atoms with Crippen molar-refractivity contribution in [2.24, 2.45) is 5.41 Å². The zero-order valence-corrected chi connectivity index (χ0v) is 15.5. The lowest BCUT2D eigenvalue weighted by Gasteiger charge is -2.35. The van der Waals surface area contributed by atoms with Crippen LogP contribution < -0.4 is 0 Å². The van der Waals surface area contributed by atoms with Gasteiger partial charge in [-0.05, 0) is 31.4 Å². The van der Waals surface area contributed by atoms with Crippen molar-refractivity contribution in [3.8, 4) is 11.4 Å². The fourth-order valence-corrected chi connectivity index (χ4v) is 4.27. The summed E-state index contributed by atoms with van der Waals surface area (Å²) in [5.74, 6) is 1.86. The van der Waals surface area contributed by atoms with E-state index in [-0.39, 0.29) is 16.9 Å². The first kappa shape index (κ1) is 16.3. The van der Waals surface area contributed by atoms with E-state index in [1.807, 2.05) is 29.2 Å². The second-order valence-corrected chi connectivity index (χ2v) is 8.42. The van der Waals surface area contributed by atoms with Gasteiger partial charge in [-0.3, -0.25) is 4.79 Å². The van der Waals surface area contributed by atoms with E-state index in [4.69, 9.17) is 16.3 Å². The molecule has 136 valence electrons. The lowest BCUT2D eigenvalue weighted by atomic mass is 10.0. The molecule has 3 aliphatic rings. The first-order chi connectivity index (χ1) is 12.5. The van der Waals surface area contributed by atoms with Crippen LogP contribution in [0.5, 0.6) is 0 Å². The zero-order valence-electron chi connectivity index (χ0n) is 14.7. The van der Waals surface area contributed by atoms with E-state index in [1.165, 1.54) is 0 Å². The summed E-state index contributed by atoms with van der Waals surface area (Å²) < 4.78 is 8.30. The molecule has 0 N–H and O–H groups in total. The minimum absolute atomic E-state index is 0.134. The molecule has 5 rings (SSSR count). The Hall–Kier alpha value is -1.92. The van der Waals surface area contributed by atoms with Gasteiger partial charge in [0.05, 0.1) is 18.1 Å². The number of benzene rings is 1. The topological polar surface area (TPSA) is 60.2 Å². The highest BCUT2D eigenvalue weighted by Crippen LogP contribution is 2.48. The molecule has 6 nitrogen and oxygen atoms in total. The highest BCUT2D eigenvalue weighted by molar-refractivity contribution is 6.33. The summed E-state index contributed by atoms with van der Waals surface area (Å²) >= 11 is 6.37. The molecule has 1 spiro atoms. The number of rotatable bonds is 2. The van der Waals surface area contributed by atoms with E-state index in [0.29, 0.717) is 24.7 Å². The quantitative estimate of drug-likeness (QED) is 0.813. The normalized spacial score (nSPS) is 26.2. The molecule has 2 fully saturated rings. The standard InChI is InChI=1S/C19H21ClN4O2/c1-18(6-7-18)17(25)23-9-8-19(11-23)12-24-15(10-26-19)21-22-16(24)13-4-2-3-5-14(13)20/h2-5H,6-12H2,1H3. The van der Waals surface area contributed by atoms with E-state index in [0.717, 1.165) is 43.0 Å². The van der Waals surface area contributed by atoms with Crippen LogP contribution in [0.15, 0.2) is 24.3 Å². The molecule has 2 aromatic rings. The number of likely N-dealkylation sites (tertiary alicyclic amines) is 1. The Kier molecular flexibility index (Phi) is 3.46. The SMILES string of the molecule is CC1(C(=O)N2CCC3(C2)Cn2c(nnc2-c2ccccc2Cl)CO3)CC1. The van der Waals surface area contributed by atoms with Crippen molar-refractivity contribution in [1.82, 2.24) is 19.7 Å². The average Bonchev–Trinajstić information content (AvgIpc) is 3.09. The number of ether oxygens (including phenoxy) is 1. The van der Waals surface area contributed by atoms with Crippen LogP contribution in [0.25, 0.3) is 11.4 Å². The Morgan fingerprint density at radius 2 is 2.00 bits per heavy atom. The maximum absolute atomic E-state index is 12.7. The number of fused-ring (bicyclic) bond motifs is 1. The molecule has 1 aromatic carbocycles. The van der Waals surface area contributed by atoms with Gasteiger partial charge in [0, 0.05) is 17.5 Å². The summed E-state index contributed by atoms with van der Waals surface area (Å²) in [5, 5.41) is 9.30. The number of halogens is 1. The van der Waals surface area contributed by atoms with Crippen molar-refractivity contribution in [3.05, 3.63) is 35.1 Å². The number of carbonyl (C=O) groups excluding carboxylic acids is 1. The van der Waals surface area contributed by atoms with Gasteiger partial charge >= 0.3 is 0 Å². The summed E-state index contributed by atoms with van der Waals surface area (Å²) in [5.41, 5.74) is 0.387. The molecule has 2 aliphatic heterocycles. The van der Waals surface area contributed by atoms with E-state index < -0.39 is 0 Å². The molecule has 26 heavy (non-hydrogen) atoms. The van der Waals surface area contributed by atoms with Crippen molar-refractivity contribution in [2.45, 2.75) is 44.9 Å². The third-order valence-corrected chi connectivity index (χ3v) is 6.35. The number of amides is 1. The highest BCUT2D eigenvalue weighted by atomic mass is 35.5. The predicted molar refractivity (Wildman–Crippen MR) is 96.5 cm³/mol. The molecular formula is C19H21ClN4O2. The van der Waals surface area contributed by atoms with Crippen molar-refractivity contribution in [2.75, 3.05) is 13.1 Å². The van der Waals surface area contributed by atoms with E-state index in [9.17, 15) is 4.79 Å². The summed E-state index contributed by atoms with van der Waals surface area (Å²) in [7, 11) is 0. The van der Waals surface area contributed by atoms with Crippen LogP contribution in [-0.2, 0) is 22.7 Å². The van der Waals surface area contributed by atoms with Crippen LogP contribution >= 0.6 is 11.6 Å². The van der Waals surface area contributed by atoms with Crippen LogP contribution in [-0.4, -0.2) is 44.3 Å². The lowest BCUT2D eigenvalue weighted by molar-refractivity contribution is -0.138. The Morgan fingerprint density at radius 3 is 2.77 bits per heavy atom. The first-order valence-electron chi connectivity index (χ1n) is 9.10. The molecule has 1 aliphatic carbocycles. The number of hydrogen-bond donors (Lipinski definition) is 0. The van der Waals surface area contributed by atoms with Crippen LogP contribution in [0.2, 0.25) is 5.02 Å². The lowest BCUT2D eigenvalue weighted by Crippen LogP contribution is -2.46. The Morgan fingerprint density at radius 1 is 1.19 bits per heavy atom. The molecule has 1 saturated heterocycles. The van der Waals surface area contributed by atoms with Gasteiger partial charge < -0.3 is 14.2 Å². The smallest absolute Gasteiger partial charge is 0.228 e. The summed E-state index contributed by atoms with van der Waals surface area (Å²) in [6.45, 7) is 4.52. The van der Waals surface area contributed by atoms with Crippen molar-refractivity contribution >= 4 is 17.5 Å². The summed E-state index contributed by atoms with van der Waals surface area (Å²) in [6.07, 6.45) is 2.85. The van der Waals surface area contributed by atoms with E-state index >= 15 is 0 Å². The predicted octanol–water partition coefficient (Wildman–Crippen LogP) is 2.90. The molecule has 1 amide bonds. The average molecular weight is 373 g/mol. The first-order valence-corrected chi connectivity index (χ1v) is 9.48. The van der Waals surface area contributed by atoms with Crippen molar-refractivity contribution in [1.29, 1.82) is 0 Å². The van der Waals surface area contributed by atoms with Crippen LogP contribution in [0.1, 0.15) is 32.0 Å². The van der Waals surface area contributed by atoms with Crippen LogP contribution in [0.3, 0.4) is 0 Å². The molecule has 1 aromatic heterocycles. The third-order valence-electron chi connectivity index (χ3n) is 6.02. The van der Waals surface area contributed by atoms with Gasteiger partial charge in [-0.1, -0.05) is 30.7 Å². The minimum atomic E-state index is -0.355. The number of hydrogen-bond acceptors (Lipinski definition) is 4. The van der Waals surface area contributed by atoms with Gasteiger partial charge in [0.1, 0.15) is 12.2 Å². The molecule has 3 heterocycles. The zero-order chi connectivity index (χ0) is 17.9. The minimum Gasteiger partial charge on any atom is -0.363 e. The molecule has 1 saturated carbocycles. The molecule has 0 bridgehead atoms. The number of aromatic nitrogens is 3. The van der Waals surface area contributed by atoms with Gasteiger partial charge in [0.25, 0.3) is 0 Å². The molecule has 1 atom stereocenters. The van der Waals surface area contributed by atoms with Crippen molar-refractivity contribution in [3.63, 3.8) is 0 Å². The second kappa shape index (κ2) is 5.54. The van der Waals surface area contributed by atoms with E-state index in [2.05, 4.69) is 21.7 Å². The van der Waals surface area contributed by atoms with Gasteiger partial charge in [0.2, 0.25) is 5.91 Å². The van der Waals surface area contributed by atoms with Gasteiger partial charge in [-0.2, -0.15) is 0 Å². The largest absolute Gasteiger partial charge is 0.363 e. The maximum atomic E-state index is 12.7. The van der Waals surface area contributed by atoms with Gasteiger partial charge in [-0.25, -0.2) is 0 Å². The molecular weight excluding hydrogens is 352 g/mol. The monoisotopic (exact) mass is 372 g/mol. The third kappa shape index (κ3) is 2.47. The fourth-order valence-electron chi connectivity index (χ4n) is 4.05. The van der Waals surface area contributed by atoms with Gasteiger partial charge in [0.15, 0.2) is 11.6 Å². The maximum Gasteiger partial charge on any atom is 0.228 e. The van der Waals surface area contributed by atoms with Crippen LogP contribution in [0, 0.1) is 5.41 Å². The molecule has 1 unspecified atom stereocenters. The summed E-state index contributed by atoms with van der Waals surface area (Å²) in [6, 6.07) is 7.67. The Labute approximate surface area is 157 Å². The second-order valence-electron chi connectivity index (χ2n) is 8.01. The fraction of sp³-hybridized carbons (Fsp3) is 0.526. The van der Waals surface area contributed by atoms with Gasteiger partial charge in [-0.15, -0.1) is 10.2 Å².